The number of nitrogens with two attached hydrogens (primary N) is 1. The first kappa shape index (κ1) is 12.1. The third kappa shape index (κ3) is 1.89. The van der Waals surface area contributed by atoms with E-state index in [4.69, 9.17) is 5.73 Å². The third-order valence-corrected chi connectivity index (χ3v) is 3.84. The minimum absolute atomic E-state index is 0.237. The lowest BCUT2D eigenvalue weighted by Crippen LogP contribution is -2.15. The van der Waals surface area contributed by atoms with Crippen LogP contribution < -0.4 is 10.6 Å². The van der Waals surface area contributed by atoms with Gasteiger partial charge < -0.3 is 10.6 Å². The summed E-state index contributed by atoms with van der Waals surface area (Å²) >= 11 is 0. The van der Waals surface area contributed by atoms with Crippen LogP contribution in [0.15, 0.2) is 42.7 Å². The summed E-state index contributed by atoms with van der Waals surface area (Å²) in [7, 11) is 0. The SMILES string of the molecule is Nc1ccc2ncnc(N3CCc4ccc(F)cc43)c2c1. The second-order valence-corrected chi connectivity index (χ2v) is 5.15. The Balaban J connectivity index is 1.93. The maximum Gasteiger partial charge on any atom is 0.144 e. The quantitative estimate of drug-likeness (QED) is 0.696. The molecule has 2 heterocycles. The van der Waals surface area contributed by atoms with Crippen LogP contribution in [-0.2, 0) is 6.42 Å². The number of nitrogen functional groups attached to an aromatic ring is 1. The van der Waals surface area contributed by atoms with Crippen LogP contribution in [0.25, 0.3) is 10.9 Å². The van der Waals surface area contributed by atoms with E-state index in [1.54, 1.807) is 6.07 Å². The summed E-state index contributed by atoms with van der Waals surface area (Å²) < 4.78 is 13.5. The Hall–Kier alpha value is -2.69. The van der Waals surface area contributed by atoms with Crippen LogP contribution in [0.2, 0.25) is 0 Å². The topological polar surface area (TPSA) is 55.0 Å². The fraction of sp³-hybridized carbons (Fsp3) is 0.125. The van der Waals surface area contributed by atoms with Gasteiger partial charge in [0.1, 0.15) is 18.0 Å². The predicted molar refractivity (Wildman–Crippen MR) is 81.1 cm³/mol. The number of rotatable bonds is 1. The molecule has 0 amide bonds. The van der Waals surface area contributed by atoms with Gasteiger partial charge in [-0.05, 0) is 42.3 Å². The van der Waals surface area contributed by atoms with Gasteiger partial charge in [-0.25, -0.2) is 14.4 Å². The van der Waals surface area contributed by atoms with E-state index in [-0.39, 0.29) is 5.82 Å². The first-order valence-corrected chi connectivity index (χ1v) is 6.78. The molecule has 21 heavy (non-hydrogen) atoms. The summed E-state index contributed by atoms with van der Waals surface area (Å²) in [6, 6.07) is 10.4. The molecular weight excluding hydrogens is 267 g/mol. The lowest BCUT2D eigenvalue weighted by atomic mass is 10.1. The number of halogens is 1. The van der Waals surface area contributed by atoms with Crippen molar-refractivity contribution in [2.24, 2.45) is 0 Å². The molecule has 0 radical (unpaired) electrons. The van der Waals surface area contributed by atoms with Gasteiger partial charge in [0, 0.05) is 23.3 Å². The standard InChI is InChI=1S/C16H13FN4/c17-11-2-1-10-5-6-21(15(10)7-11)16-13-8-12(18)3-4-14(13)19-9-20-16/h1-4,7-9H,5-6,18H2. The molecule has 4 nitrogen and oxygen atoms in total. The molecule has 0 saturated heterocycles. The summed E-state index contributed by atoms with van der Waals surface area (Å²) in [6.45, 7) is 0.777. The average Bonchev–Trinajstić information content (AvgIpc) is 2.89. The monoisotopic (exact) mass is 280 g/mol. The largest absolute Gasteiger partial charge is 0.399 e. The Bertz CT molecular complexity index is 847. The molecule has 3 aromatic rings. The van der Waals surface area contributed by atoms with Gasteiger partial charge in [-0.15, -0.1) is 0 Å². The van der Waals surface area contributed by atoms with E-state index in [2.05, 4.69) is 9.97 Å². The molecule has 0 atom stereocenters. The second-order valence-electron chi connectivity index (χ2n) is 5.15. The summed E-state index contributed by atoms with van der Waals surface area (Å²) in [4.78, 5) is 10.7. The van der Waals surface area contributed by atoms with Crippen molar-refractivity contribution in [1.29, 1.82) is 0 Å². The molecule has 0 saturated carbocycles. The van der Waals surface area contributed by atoms with Gasteiger partial charge in [0.2, 0.25) is 0 Å². The van der Waals surface area contributed by atoms with Gasteiger partial charge in [-0.2, -0.15) is 0 Å². The second kappa shape index (κ2) is 4.41. The Morgan fingerprint density at radius 2 is 2.00 bits per heavy atom. The van der Waals surface area contributed by atoms with Crippen LogP contribution in [0, 0.1) is 5.82 Å². The number of aromatic nitrogens is 2. The van der Waals surface area contributed by atoms with Gasteiger partial charge >= 0.3 is 0 Å². The number of benzene rings is 2. The molecule has 0 fully saturated rings. The Labute approximate surface area is 121 Å². The highest BCUT2D eigenvalue weighted by molar-refractivity contribution is 5.94. The highest BCUT2D eigenvalue weighted by Crippen LogP contribution is 2.37. The van der Waals surface area contributed by atoms with Crippen molar-refractivity contribution in [2.75, 3.05) is 17.2 Å². The third-order valence-electron chi connectivity index (χ3n) is 3.84. The molecule has 4 rings (SSSR count). The molecule has 2 N–H and O–H groups in total. The zero-order chi connectivity index (χ0) is 14.4. The van der Waals surface area contributed by atoms with Crippen molar-refractivity contribution in [2.45, 2.75) is 6.42 Å². The van der Waals surface area contributed by atoms with E-state index in [0.717, 1.165) is 40.9 Å². The van der Waals surface area contributed by atoms with Crippen LogP contribution in [0.5, 0.6) is 0 Å². The normalized spacial score (nSPS) is 13.7. The van der Waals surface area contributed by atoms with Crippen LogP contribution in [0.3, 0.4) is 0 Å². The minimum atomic E-state index is -0.237. The van der Waals surface area contributed by atoms with Crippen LogP contribution >= 0.6 is 0 Å². The van der Waals surface area contributed by atoms with E-state index < -0.39 is 0 Å². The zero-order valence-electron chi connectivity index (χ0n) is 11.3. The number of nitrogens with zero attached hydrogens (tertiary/aromatic N) is 3. The predicted octanol–water partition coefficient (Wildman–Crippen LogP) is 3.05. The fourth-order valence-corrected chi connectivity index (χ4v) is 2.85. The Kier molecular flexibility index (Phi) is 2.54. The fourth-order valence-electron chi connectivity index (χ4n) is 2.85. The van der Waals surface area contributed by atoms with Gasteiger partial charge in [0.25, 0.3) is 0 Å². The van der Waals surface area contributed by atoms with E-state index in [1.807, 2.05) is 29.2 Å². The Morgan fingerprint density at radius 1 is 1.10 bits per heavy atom. The molecular formula is C16H13FN4. The lowest BCUT2D eigenvalue weighted by Gasteiger charge is -2.20. The molecule has 1 aliphatic heterocycles. The molecule has 1 aliphatic rings. The van der Waals surface area contributed by atoms with Gasteiger partial charge in [-0.1, -0.05) is 6.07 Å². The smallest absolute Gasteiger partial charge is 0.144 e. The van der Waals surface area contributed by atoms with Crippen molar-refractivity contribution in [3.8, 4) is 0 Å². The van der Waals surface area contributed by atoms with E-state index in [0.29, 0.717) is 5.69 Å². The molecule has 1 aromatic heterocycles. The number of hydrogen-bond donors (Lipinski definition) is 1. The highest BCUT2D eigenvalue weighted by Gasteiger charge is 2.23. The lowest BCUT2D eigenvalue weighted by molar-refractivity contribution is 0.628. The van der Waals surface area contributed by atoms with Gasteiger partial charge in [0.15, 0.2) is 0 Å². The first-order valence-electron chi connectivity index (χ1n) is 6.78. The van der Waals surface area contributed by atoms with Crippen LogP contribution in [0.4, 0.5) is 21.6 Å². The first-order chi connectivity index (χ1) is 10.2. The molecule has 5 heteroatoms. The summed E-state index contributed by atoms with van der Waals surface area (Å²) in [5.74, 6) is 0.537. The maximum absolute atomic E-state index is 13.5. The minimum Gasteiger partial charge on any atom is -0.399 e. The molecule has 0 unspecified atom stereocenters. The van der Waals surface area contributed by atoms with E-state index in [9.17, 15) is 4.39 Å². The molecule has 0 spiro atoms. The van der Waals surface area contributed by atoms with E-state index in [1.165, 1.54) is 12.4 Å². The number of anilines is 3. The van der Waals surface area contributed by atoms with Gasteiger partial charge in [-0.3, -0.25) is 0 Å². The molecule has 0 bridgehead atoms. The molecule has 104 valence electrons. The molecule has 0 aliphatic carbocycles. The zero-order valence-corrected chi connectivity index (χ0v) is 11.3. The van der Waals surface area contributed by atoms with E-state index >= 15 is 0 Å². The number of fused-ring (bicyclic) bond motifs is 2. The van der Waals surface area contributed by atoms with Crippen LogP contribution in [-0.4, -0.2) is 16.5 Å². The summed E-state index contributed by atoms with van der Waals surface area (Å²) in [6.07, 6.45) is 2.41. The van der Waals surface area contributed by atoms with Crippen LogP contribution in [0.1, 0.15) is 5.56 Å². The maximum atomic E-state index is 13.5. The summed E-state index contributed by atoms with van der Waals surface area (Å²) in [5.41, 5.74) is 9.38. The van der Waals surface area contributed by atoms with Crippen molar-refractivity contribution in [3.05, 3.63) is 54.1 Å². The highest BCUT2D eigenvalue weighted by atomic mass is 19.1. The summed E-state index contributed by atoms with van der Waals surface area (Å²) in [5, 5.41) is 0.884. The van der Waals surface area contributed by atoms with Crippen molar-refractivity contribution in [1.82, 2.24) is 9.97 Å². The van der Waals surface area contributed by atoms with Gasteiger partial charge in [0.05, 0.1) is 5.52 Å². The average molecular weight is 280 g/mol. The van der Waals surface area contributed by atoms with Crippen molar-refractivity contribution in [3.63, 3.8) is 0 Å². The Morgan fingerprint density at radius 3 is 2.90 bits per heavy atom. The van der Waals surface area contributed by atoms with Crippen molar-refractivity contribution < 1.29 is 4.39 Å². The van der Waals surface area contributed by atoms with Crippen molar-refractivity contribution >= 4 is 28.1 Å². The molecule has 2 aromatic carbocycles. The number of hydrogen-bond acceptors (Lipinski definition) is 4.